The predicted octanol–water partition coefficient (Wildman–Crippen LogP) is 3.72. The average molecular weight is 273 g/mol. The fraction of sp³-hybridized carbons (Fsp3) is 0.667. The summed E-state index contributed by atoms with van der Waals surface area (Å²) in [6.45, 7) is 6.38. The van der Waals surface area contributed by atoms with Gasteiger partial charge in [-0.2, -0.15) is 0 Å². The normalized spacial score (nSPS) is 18.7. The topological polar surface area (TPSA) is 21.3 Å². The maximum Gasteiger partial charge on any atom is 0.119 e. The number of benzene rings is 1. The molecule has 0 heterocycles. The Labute approximate surface area is 122 Å². The van der Waals surface area contributed by atoms with Crippen molar-refractivity contribution in [1.29, 1.82) is 0 Å². The molecule has 0 bridgehead atoms. The fourth-order valence-electron chi connectivity index (χ4n) is 2.84. The van der Waals surface area contributed by atoms with Crippen LogP contribution >= 0.6 is 0 Å². The highest BCUT2D eigenvalue weighted by Crippen LogP contribution is 2.27. The lowest BCUT2D eigenvalue weighted by molar-refractivity contribution is 0.176. The highest BCUT2D eigenvalue weighted by molar-refractivity contribution is 5.37. The van der Waals surface area contributed by atoms with E-state index in [1.807, 2.05) is 0 Å². The van der Waals surface area contributed by atoms with Crippen molar-refractivity contribution in [3.8, 4) is 5.75 Å². The zero-order chi connectivity index (χ0) is 14.0. The summed E-state index contributed by atoms with van der Waals surface area (Å²) in [5.41, 5.74) is 3.22. The molecular formula is C18H27NO. The van der Waals surface area contributed by atoms with Crippen LogP contribution in [0.15, 0.2) is 18.2 Å². The van der Waals surface area contributed by atoms with Crippen LogP contribution in [-0.4, -0.2) is 19.2 Å². The zero-order valence-electron chi connectivity index (χ0n) is 12.9. The van der Waals surface area contributed by atoms with Gasteiger partial charge < -0.3 is 10.1 Å². The number of nitrogens with one attached hydrogen (secondary N) is 1. The zero-order valence-corrected chi connectivity index (χ0v) is 12.9. The Morgan fingerprint density at radius 3 is 2.65 bits per heavy atom. The van der Waals surface area contributed by atoms with Gasteiger partial charge in [-0.3, -0.25) is 0 Å². The fourth-order valence-corrected chi connectivity index (χ4v) is 2.84. The van der Waals surface area contributed by atoms with Crippen molar-refractivity contribution < 1.29 is 4.74 Å². The van der Waals surface area contributed by atoms with Crippen molar-refractivity contribution in [2.75, 3.05) is 13.2 Å². The molecule has 3 rings (SSSR count). The van der Waals surface area contributed by atoms with Gasteiger partial charge in [-0.25, -0.2) is 0 Å². The monoisotopic (exact) mass is 273 g/mol. The molecule has 1 fully saturated rings. The second-order valence-corrected chi connectivity index (χ2v) is 7.25. The van der Waals surface area contributed by atoms with Crippen LogP contribution in [0.2, 0.25) is 0 Å². The van der Waals surface area contributed by atoms with E-state index < -0.39 is 0 Å². The minimum Gasteiger partial charge on any atom is -0.493 e. The van der Waals surface area contributed by atoms with E-state index >= 15 is 0 Å². The molecule has 0 amide bonds. The van der Waals surface area contributed by atoms with Gasteiger partial charge in [-0.15, -0.1) is 0 Å². The lowest BCUT2D eigenvalue weighted by Gasteiger charge is -2.26. The Bertz CT molecular complexity index is 462. The molecule has 20 heavy (non-hydrogen) atoms. The van der Waals surface area contributed by atoms with E-state index in [-0.39, 0.29) is 5.41 Å². The Kier molecular flexibility index (Phi) is 4.02. The first-order valence-electron chi connectivity index (χ1n) is 8.10. The second-order valence-electron chi connectivity index (χ2n) is 7.25. The van der Waals surface area contributed by atoms with Crippen LogP contribution in [0, 0.1) is 5.41 Å². The number of rotatable bonds is 6. The summed E-state index contributed by atoms with van der Waals surface area (Å²) in [5.74, 6) is 1.05. The van der Waals surface area contributed by atoms with Crippen molar-refractivity contribution >= 4 is 0 Å². The first kappa shape index (κ1) is 13.9. The highest BCUT2D eigenvalue weighted by atomic mass is 16.5. The molecule has 1 saturated carbocycles. The van der Waals surface area contributed by atoms with E-state index in [0.29, 0.717) is 0 Å². The van der Waals surface area contributed by atoms with Gasteiger partial charge in [0, 0.05) is 18.0 Å². The van der Waals surface area contributed by atoms with E-state index in [1.54, 1.807) is 0 Å². The van der Waals surface area contributed by atoms with Gasteiger partial charge in [0.15, 0.2) is 0 Å². The minimum atomic E-state index is 0.193. The largest absolute Gasteiger partial charge is 0.493 e. The third-order valence-corrected chi connectivity index (χ3v) is 4.40. The summed E-state index contributed by atoms with van der Waals surface area (Å²) >= 11 is 0. The van der Waals surface area contributed by atoms with Crippen LogP contribution in [0.5, 0.6) is 5.75 Å². The van der Waals surface area contributed by atoms with E-state index in [1.165, 1.54) is 49.7 Å². The van der Waals surface area contributed by atoms with Crippen LogP contribution in [0.1, 0.15) is 50.7 Å². The standard InChI is InChI=1S/C18H27NO/c1-18(2,12-19-16-8-9-16)13-20-17-10-7-14-5-3-4-6-15(14)11-17/h7,10-11,16,19H,3-6,8-9,12-13H2,1-2H3. The quantitative estimate of drug-likeness (QED) is 0.853. The van der Waals surface area contributed by atoms with Crippen LogP contribution in [0.4, 0.5) is 0 Å². The molecule has 110 valence electrons. The third-order valence-electron chi connectivity index (χ3n) is 4.40. The lowest BCUT2D eigenvalue weighted by atomic mass is 9.91. The Balaban J connectivity index is 1.54. The van der Waals surface area contributed by atoms with Gasteiger partial charge in [-0.05, 0) is 61.8 Å². The summed E-state index contributed by atoms with van der Waals surface area (Å²) in [6.07, 6.45) is 7.83. The van der Waals surface area contributed by atoms with E-state index in [9.17, 15) is 0 Å². The molecule has 0 unspecified atom stereocenters. The summed E-state index contributed by atoms with van der Waals surface area (Å²) in [7, 11) is 0. The summed E-state index contributed by atoms with van der Waals surface area (Å²) in [4.78, 5) is 0. The van der Waals surface area contributed by atoms with E-state index in [2.05, 4.69) is 37.4 Å². The van der Waals surface area contributed by atoms with Crippen molar-refractivity contribution in [2.24, 2.45) is 5.41 Å². The second kappa shape index (κ2) is 5.77. The molecular weight excluding hydrogens is 246 g/mol. The van der Waals surface area contributed by atoms with Gasteiger partial charge >= 0.3 is 0 Å². The van der Waals surface area contributed by atoms with Crippen molar-refractivity contribution in [3.05, 3.63) is 29.3 Å². The Morgan fingerprint density at radius 2 is 1.90 bits per heavy atom. The molecule has 0 aromatic heterocycles. The molecule has 2 aliphatic carbocycles. The van der Waals surface area contributed by atoms with Crippen molar-refractivity contribution in [3.63, 3.8) is 0 Å². The molecule has 0 spiro atoms. The van der Waals surface area contributed by atoms with E-state index in [0.717, 1.165) is 24.9 Å². The summed E-state index contributed by atoms with van der Waals surface area (Å²) in [6, 6.07) is 7.45. The number of ether oxygens (including phenoxy) is 1. The molecule has 1 N–H and O–H groups in total. The summed E-state index contributed by atoms with van der Waals surface area (Å²) < 4.78 is 6.05. The SMILES string of the molecule is CC(C)(CNC1CC1)COc1ccc2c(c1)CCCC2. The number of fused-ring (bicyclic) bond motifs is 1. The molecule has 0 atom stereocenters. The lowest BCUT2D eigenvalue weighted by Crippen LogP contribution is -2.35. The third kappa shape index (κ3) is 3.76. The smallest absolute Gasteiger partial charge is 0.119 e. The number of hydrogen-bond donors (Lipinski definition) is 1. The first-order valence-corrected chi connectivity index (χ1v) is 8.10. The molecule has 1 aromatic carbocycles. The highest BCUT2D eigenvalue weighted by Gasteiger charge is 2.25. The van der Waals surface area contributed by atoms with Gasteiger partial charge in [0.2, 0.25) is 0 Å². The average Bonchev–Trinajstić information content (AvgIpc) is 3.27. The Hall–Kier alpha value is -1.02. The molecule has 1 aromatic rings. The van der Waals surface area contributed by atoms with Crippen LogP contribution < -0.4 is 10.1 Å². The molecule has 0 radical (unpaired) electrons. The number of hydrogen-bond acceptors (Lipinski definition) is 2. The minimum absolute atomic E-state index is 0.193. The molecule has 2 nitrogen and oxygen atoms in total. The first-order chi connectivity index (χ1) is 9.62. The molecule has 2 aliphatic rings. The van der Waals surface area contributed by atoms with Crippen LogP contribution in [0.25, 0.3) is 0 Å². The molecule has 2 heteroatoms. The van der Waals surface area contributed by atoms with Gasteiger partial charge in [0.05, 0.1) is 6.61 Å². The number of aryl methyl sites for hydroxylation is 2. The van der Waals surface area contributed by atoms with Gasteiger partial charge in [-0.1, -0.05) is 19.9 Å². The summed E-state index contributed by atoms with van der Waals surface area (Å²) in [5, 5.41) is 3.60. The van der Waals surface area contributed by atoms with Crippen LogP contribution in [0.3, 0.4) is 0 Å². The van der Waals surface area contributed by atoms with Gasteiger partial charge in [0.25, 0.3) is 0 Å². The Morgan fingerprint density at radius 1 is 1.15 bits per heavy atom. The van der Waals surface area contributed by atoms with Crippen molar-refractivity contribution in [1.82, 2.24) is 5.32 Å². The van der Waals surface area contributed by atoms with Crippen molar-refractivity contribution in [2.45, 2.75) is 58.4 Å². The molecule has 0 aliphatic heterocycles. The van der Waals surface area contributed by atoms with Crippen LogP contribution in [-0.2, 0) is 12.8 Å². The maximum absolute atomic E-state index is 6.05. The predicted molar refractivity (Wildman–Crippen MR) is 83.4 cm³/mol. The maximum atomic E-state index is 6.05. The van der Waals surface area contributed by atoms with E-state index in [4.69, 9.17) is 4.74 Å². The molecule has 0 saturated heterocycles. The van der Waals surface area contributed by atoms with Gasteiger partial charge in [0.1, 0.15) is 5.75 Å².